The lowest BCUT2D eigenvalue weighted by molar-refractivity contribution is -0.384. The van der Waals surface area contributed by atoms with Crippen LogP contribution in [0.1, 0.15) is 21.5 Å². The highest BCUT2D eigenvalue weighted by molar-refractivity contribution is 9.10. The van der Waals surface area contributed by atoms with Crippen LogP contribution in [0.4, 0.5) is 10.1 Å². The average molecular weight is 366 g/mol. The number of hydrogen-bond acceptors (Lipinski definition) is 3. The summed E-state index contributed by atoms with van der Waals surface area (Å²) in [7, 11) is 0. The highest BCUT2D eigenvalue weighted by atomic mass is 79.9. The summed E-state index contributed by atoms with van der Waals surface area (Å²) in [5, 5.41) is 19.5. The van der Waals surface area contributed by atoms with Crippen molar-refractivity contribution in [3.8, 4) is 0 Å². The van der Waals surface area contributed by atoms with E-state index in [0.29, 0.717) is 5.56 Å². The van der Waals surface area contributed by atoms with E-state index in [1.165, 1.54) is 42.5 Å². The molecular weight excluding hydrogens is 357 g/mol. The molecule has 0 bridgehead atoms. The van der Waals surface area contributed by atoms with Crippen molar-refractivity contribution in [2.24, 2.45) is 0 Å². The van der Waals surface area contributed by atoms with E-state index in [-0.39, 0.29) is 15.7 Å². The maximum Gasteiger partial charge on any atom is 0.339 e. The lowest BCUT2D eigenvalue weighted by atomic mass is 10.1. The van der Waals surface area contributed by atoms with Crippen LogP contribution in [0.25, 0.3) is 12.2 Å². The molecule has 0 aliphatic rings. The van der Waals surface area contributed by atoms with Crippen molar-refractivity contribution in [3.63, 3.8) is 0 Å². The van der Waals surface area contributed by atoms with Gasteiger partial charge in [0, 0.05) is 22.2 Å². The van der Waals surface area contributed by atoms with E-state index in [4.69, 9.17) is 5.11 Å². The van der Waals surface area contributed by atoms with Gasteiger partial charge in [0.25, 0.3) is 5.69 Å². The second kappa shape index (κ2) is 6.48. The van der Waals surface area contributed by atoms with Gasteiger partial charge in [-0.3, -0.25) is 10.1 Å². The summed E-state index contributed by atoms with van der Waals surface area (Å²) >= 11 is 2.99. The van der Waals surface area contributed by atoms with E-state index in [1.807, 2.05) is 0 Å². The maximum absolute atomic E-state index is 14.1. The van der Waals surface area contributed by atoms with E-state index in [0.717, 1.165) is 0 Å². The number of hydrogen-bond donors (Lipinski definition) is 1. The first kappa shape index (κ1) is 15.8. The molecule has 0 aromatic heterocycles. The van der Waals surface area contributed by atoms with Crippen LogP contribution in [0.5, 0.6) is 0 Å². The largest absolute Gasteiger partial charge is 0.478 e. The fraction of sp³-hybridized carbons (Fsp3) is 0. The van der Waals surface area contributed by atoms with Gasteiger partial charge in [0.15, 0.2) is 0 Å². The van der Waals surface area contributed by atoms with E-state index in [1.54, 1.807) is 6.08 Å². The van der Waals surface area contributed by atoms with Crippen molar-refractivity contribution in [2.75, 3.05) is 0 Å². The first-order chi connectivity index (χ1) is 10.4. The fourth-order valence-corrected chi connectivity index (χ4v) is 2.26. The third-order valence-corrected chi connectivity index (χ3v) is 3.55. The molecule has 0 saturated heterocycles. The molecule has 0 heterocycles. The van der Waals surface area contributed by atoms with Gasteiger partial charge in [0.1, 0.15) is 11.4 Å². The van der Waals surface area contributed by atoms with E-state index >= 15 is 0 Å². The van der Waals surface area contributed by atoms with Crippen molar-refractivity contribution in [1.82, 2.24) is 0 Å². The number of aromatic carboxylic acids is 1. The topological polar surface area (TPSA) is 80.4 Å². The molecule has 0 unspecified atom stereocenters. The number of nitro groups is 1. The van der Waals surface area contributed by atoms with Crippen LogP contribution >= 0.6 is 15.9 Å². The third kappa shape index (κ3) is 3.37. The standard InChI is InChI=1S/C15H9BrFNO4/c16-12-8-5-10(14(17)13(12)15(19)20)4-1-9-2-6-11(7-3-9)18(21)22/h1-8H,(H,19,20). The zero-order valence-electron chi connectivity index (χ0n) is 11.0. The summed E-state index contributed by atoms with van der Waals surface area (Å²) in [5.41, 5.74) is 0.259. The Kier molecular flexibility index (Phi) is 4.67. The van der Waals surface area contributed by atoms with Gasteiger partial charge in [-0.1, -0.05) is 18.2 Å². The van der Waals surface area contributed by atoms with Crippen LogP contribution in [-0.4, -0.2) is 16.0 Å². The van der Waals surface area contributed by atoms with Crippen LogP contribution in [0.2, 0.25) is 0 Å². The second-order valence-electron chi connectivity index (χ2n) is 4.31. The van der Waals surface area contributed by atoms with Gasteiger partial charge < -0.3 is 5.11 Å². The molecule has 2 aromatic carbocycles. The summed E-state index contributed by atoms with van der Waals surface area (Å²) in [6, 6.07) is 8.59. The summed E-state index contributed by atoms with van der Waals surface area (Å²) < 4.78 is 14.3. The van der Waals surface area contributed by atoms with Crippen molar-refractivity contribution < 1.29 is 19.2 Å². The molecule has 5 nitrogen and oxygen atoms in total. The summed E-state index contributed by atoms with van der Waals surface area (Å²) in [5.74, 6) is -2.21. The predicted octanol–water partition coefficient (Wildman–Crippen LogP) is 4.37. The van der Waals surface area contributed by atoms with Crippen LogP contribution in [0, 0.1) is 15.9 Å². The number of non-ortho nitro benzene ring substituents is 1. The minimum absolute atomic E-state index is 0.0415. The summed E-state index contributed by atoms with van der Waals surface area (Å²) in [6.07, 6.45) is 2.96. The highest BCUT2D eigenvalue weighted by Crippen LogP contribution is 2.24. The van der Waals surface area contributed by atoms with Crippen molar-refractivity contribution >= 4 is 39.7 Å². The number of nitro benzene ring substituents is 1. The molecule has 7 heteroatoms. The molecule has 0 atom stereocenters. The molecule has 0 saturated carbocycles. The Morgan fingerprint density at radius 2 is 1.82 bits per heavy atom. The quantitative estimate of drug-likeness (QED) is 0.495. The Morgan fingerprint density at radius 1 is 1.18 bits per heavy atom. The molecule has 0 aliphatic heterocycles. The van der Waals surface area contributed by atoms with Crippen LogP contribution in [0.3, 0.4) is 0 Å². The second-order valence-corrected chi connectivity index (χ2v) is 5.17. The van der Waals surface area contributed by atoms with Gasteiger partial charge in [0.05, 0.1) is 4.92 Å². The van der Waals surface area contributed by atoms with Crippen LogP contribution in [0.15, 0.2) is 40.9 Å². The first-order valence-corrected chi connectivity index (χ1v) is 6.83. The smallest absolute Gasteiger partial charge is 0.339 e. The number of benzene rings is 2. The molecule has 0 amide bonds. The third-order valence-electron chi connectivity index (χ3n) is 2.89. The van der Waals surface area contributed by atoms with Gasteiger partial charge in [0.2, 0.25) is 0 Å². The van der Waals surface area contributed by atoms with Crippen LogP contribution < -0.4 is 0 Å². The van der Waals surface area contributed by atoms with E-state index < -0.39 is 22.3 Å². The number of carboxylic acids is 1. The lowest BCUT2D eigenvalue weighted by Crippen LogP contribution is -2.03. The van der Waals surface area contributed by atoms with Gasteiger partial charge in [-0.2, -0.15) is 0 Å². The molecular formula is C15H9BrFNO4. The van der Waals surface area contributed by atoms with E-state index in [9.17, 15) is 19.3 Å². The fourth-order valence-electron chi connectivity index (χ4n) is 1.79. The lowest BCUT2D eigenvalue weighted by Gasteiger charge is -2.04. The molecule has 22 heavy (non-hydrogen) atoms. The number of nitrogens with zero attached hydrogens (tertiary/aromatic N) is 1. The first-order valence-electron chi connectivity index (χ1n) is 6.04. The molecule has 0 spiro atoms. The van der Waals surface area contributed by atoms with Gasteiger partial charge in [-0.15, -0.1) is 0 Å². The number of carboxylic acid groups (broad SMARTS) is 1. The molecule has 2 rings (SSSR count). The van der Waals surface area contributed by atoms with Gasteiger partial charge >= 0.3 is 5.97 Å². The Hall–Kier alpha value is -2.54. The molecule has 0 radical (unpaired) electrons. The predicted molar refractivity (Wildman–Crippen MR) is 83.1 cm³/mol. The van der Waals surface area contributed by atoms with Gasteiger partial charge in [-0.05, 0) is 39.7 Å². The molecule has 1 N–H and O–H groups in total. The Morgan fingerprint density at radius 3 is 2.36 bits per heavy atom. The summed E-state index contributed by atoms with van der Waals surface area (Å²) in [6.45, 7) is 0. The molecule has 2 aromatic rings. The van der Waals surface area contributed by atoms with Crippen LogP contribution in [-0.2, 0) is 0 Å². The monoisotopic (exact) mass is 365 g/mol. The number of carbonyl (C=O) groups is 1. The minimum Gasteiger partial charge on any atom is -0.478 e. The van der Waals surface area contributed by atoms with Gasteiger partial charge in [-0.25, -0.2) is 9.18 Å². The number of halogens is 2. The Balaban J connectivity index is 2.32. The average Bonchev–Trinajstić information content (AvgIpc) is 2.46. The molecule has 0 fully saturated rings. The maximum atomic E-state index is 14.1. The molecule has 112 valence electrons. The zero-order valence-corrected chi connectivity index (χ0v) is 12.6. The minimum atomic E-state index is -1.37. The normalized spacial score (nSPS) is 10.8. The van der Waals surface area contributed by atoms with Crippen molar-refractivity contribution in [1.29, 1.82) is 0 Å². The SMILES string of the molecule is O=C(O)c1c(Br)ccc(C=Cc2ccc([N+](=O)[O-])cc2)c1F. The summed E-state index contributed by atoms with van der Waals surface area (Å²) in [4.78, 5) is 21.0. The highest BCUT2D eigenvalue weighted by Gasteiger charge is 2.16. The van der Waals surface area contributed by atoms with E-state index in [2.05, 4.69) is 15.9 Å². The van der Waals surface area contributed by atoms with Crippen molar-refractivity contribution in [2.45, 2.75) is 0 Å². The molecule has 0 aliphatic carbocycles. The number of rotatable bonds is 4. The van der Waals surface area contributed by atoms with Crippen molar-refractivity contribution in [3.05, 3.63) is 73.5 Å². The zero-order chi connectivity index (χ0) is 16.3. The Labute approximate surface area is 133 Å². The Bertz CT molecular complexity index is 772.